The summed E-state index contributed by atoms with van der Waals surface area (Å²) in [7, 11) is 0. The molecule has 1 aliphatic heterocycles. The lowest BCUT2D eigenvalue weighted by atomic mass is 10.1. The topological polar surface area (TPSA) is 30.3 Å². The first-order chi connectivity index (χ1) is 9.35. The summed E-state index contributed by atoms with van der Waals surface area (Å²) in [6, 6.07) is 9.26. The van der Waals surface area contributed by atoms with E-state index < -0.39 is 0 Å². The summed E-state index contributed by atoms with van der Waals surface area (Å²) in [5.41, 5.74) is 4.58. The largest absolute Gasteiger partial charge is 0.297 e. The molecule has 0 unspecified atom stereocenters. The molecule has 1 aliphatic carbocycles. The molecule has 1 aromatic rings. The summed E-state index contributed by atoms with van der Waals surface area (Å²) >= 11 is 0. The molecule has 100 valence electrons. The lowest BCUT2D eigenvalue weighted by Gasteiger charge is -2.33. The quantitative estimate of drug-likeness (QED) is 0.772. The maximum atomic E-state index is 8.70. The van der Waals surface area contributed by atoms with Gasteiger partial charge in [-0.25, -0.2) is 0 Å². The van der Waals surface area contributed by atoms with Gasteiger partial charge in [0.1, 0.15) is 0 Å². The number of hydrogen-bond donors (Lipinski definition) is 0. The Morgan fingerprint density at radius 2 is 1.74 bits per heavy atom. The van der Waals surface area contributed by atoms with Crippen LogP contribution in [0.25, 0.3) is 0 Å². The molecule has 0 radical (unpaired) electrons. The third-order valence-electron chi connectivity index (χ3n) is 4.33. The molecule has 19 heavy (non-hydrogen) atoms. The Balaban J connectivity index is 1.56. The summed E-state index contributed by atoms with van der Waals surface area (Å²) in [4.78, 5) is 4.74. The maximum absolute atomic E-state index is 8.70. The molecule has 1 saturated heterocycles. The van der Waals surface area contributed by atoms with Crippen LogP contribution in [-0.2, 0) is 19.4 Å². The Hall–Kier alpha value is -1.37. The van der Waals surface area contributed by atoms with Crippen molar-refractivity contribution in [2.45, 2.75) is 25.8 Å². The van der Waals surface area contributed by atoms with Crippen LogP contribution in [0.2, 0.25) is 0 Å². The molecular weight excluding hydrogens is 234 g/mol. The second-order valence-corrected chi connectivity index (χ2v) is 5.67. The molecule has 3 rings (SSSR count). The number of piperazine rings is 1. The number of rotatable bonds is 3. The summed E-state index contributed by atoms with van der Waals surface area (Å²) in [5.74, 6) is 0. The van der Waals surface area contributed by atoms with Crippen molar-refractivity contribution in [3.8, 4) is 6.07 Å². The number of nitriles is 1. The van der Waals surface area contributed by atoms with Crippen LogP contribution in [-0.4, -0.2) is 42.5 Å². The number of fused-ring (bicyclic) bond motifs is 1. The van der Waals surface area contributed by atoms with E-state index in [9.17, 15) is 0 Å². The third kappa shape index (κ3) is 2.97. The standard InChI is InChI=1S/C16H21N3/c17-6-7-18-8-10-19(11-9-18)13-14-4-5-15-2-1-3-16(15)12-14/h4-5,12H,1-3,7-11,13H2. The minimum Gasteiger partial charge on any atom is -0.297 e. The Kier molecular flexibility index (Phi) is 3.82. The third-order valence-corrected chi connectivity index (χ3v) is 4.33. The lowest BCUT2D eigenvalue weighted by molar-refractivity contribution is 0.138. The van der Waals surface area contributed by atoms with Gasteiger partial charge in [-0.2, -0.15) is 5.26 Å². The molecule has 0 atom stereocenters. The molecule has 3 nitrogen and oxygen atoms in total. The Morgan fingerprint density at radius 1 is 1.00 bits per heavy atom. The fourth-order valence-electron chi connectivity index (χ4n) is 3.19. The van der Waals surface area contributed by atoms with Gasteiger partial charge >= 0.3 is 0 Å². The highest BCUT2D eigenvalue weighted by atomic mass is 15.3. The monoisotopic (exact) mass is 255 g/mol. The van der Waals surface area contributed by atoms with Crippen molar-refractivity contribution in [2.75, 3.05) is 32.7 Å². The van der Waals surface area contributed by atoms with Gasteiger partial charge in [-0.15, -0.1) is 0 Å². The average molecular weight is 255 g/mol. The molecular formula is C16H21N3. The van der Waals surface area contributed by atoms with Crippen LogP contribution >= 0.6 is 0 Å². The highest BCUT2D eigenvalue weighted by Crippen LogP contribution is 2.23. The van der Waals surface area contributed by atoms with Crippen LogP contribution in [0.3, 0.4) is 0 Å². The second kappa shape index (κ2) is 5.73. The van der Waals surface area contributed by atoms with Crippen LogP contribution in [0, 0.1) is 11.3 Å². The van der Waals surface area contributed by atoms with Crippen molar-refractivity contribution in [3.63, 3.8) is 0 Å². The van der Waals surface area contributed by atoms with E-state index in [1.807, 2.05) is 0 Å². The van der Waals surface area contributed by atoms with E-state index in [1.54, 1.807) is 11.1 Å². The van der Waals surface area contributed by atoms with Crippen LogP contribution in [0.1, 0.15) is 23.1 Å². The smallest absolute Gasteiger partial charge is 0.0866 e. The van der Waals surface area contributed by atoms with Gasteiger partial charge in [0.25, 0.3) is 0 Å². The second-order valence-electron chi connectivity index (χ2n) is 5.67. The Labute approximate surface area is 115 Å². The molecule has 1 fully saturated rings. The van der Waals surface area contributed by atoms with Crippen molar-refractivity contribution in [1.82, 2.24) is 9.80 Å². The van der Waals surface area contributed by atoms with Gasteiger partial charge in [0.2, 0.25) is 0 Å². The van der Waals surface area contributed by atoms with Gasteiger partial charge in [-0.3, -0.25) is 9.80 Å². The maximum Gasteiger partial charge on any atom is 0.0866 e. The number of nitrogens with zero attached hydrogens (tertiary/aromatic N) is 3. The molecule has 0 amide bonds. The van der Waals surface area contributed by atoms with Crippen molar-refractivity contribution in [1.29, 1.82) is 5.26 Å². The van der Waals surface area contributed by atoms with Crippen LogP contribution in [0.4, 0.5) is 0 Å². The predicted octanol–water partition coefficient (Wildman–Crippen LogP) is 1.82. The van der Waals surface area contributed by atoms with E-state index in [1.165, 1.54) is 24.8 Å². The first-order valence-electron chi connectivity index (χ1n) is 7.27. The van der Waals surface area contributed by atoms with E-state index in [0.29, 0.717) is 6.54 Å². The van der Waals surface area contributed by atoms with E-state index >= 15 is 0 Å². The Morgan fingerprint density at radius 3 is 2.53 bits per heavy atom. The molecule has 0 N–H and O–H groups in total. The van der Waals surface area contributed by atoms with Gasteiger partial charge in [0, 0.05) is 32.7 Å². The summed E-state index contributed by atoms with van der Waals surface area (Å²) in [6.07, 6.45) is 3.85. The molecule has 0 spiro atoms. The predicted molar refractivity (Wildman–Crippen MR) is 75.8 cm³/mol. The van der Waals surface area contributed by atoms with Crippen LogP contribution in [0.15, 0.2) is 18.2 Å². The van der Waals surface area contributed by atoms with Gasteiger partial charge in [-0.05, 0) is 36.0 Å². The van der Waals surface area contributed by atoms with E-state index in [2.05, 4.69) is 34.1 Å². The van der Waals surface area contributed by atoms with Gasteiger partial charge in [0.15, 0.2) is 0 Å². The fraction of sp³-hybridized carbons (Fsp3) is 0.562. The first kappa shape index (κ1) is 12.7. The van der Waals surface area contributed by atoms with Crippen molar-refractivity contribution in [2.24, 2.45) is 0 Å². The molecule has 2 aliphatic rings. The zero-order valence-electron chi connectivity index (χ0n) is 11.4. The van der Waals surface area contributed by atoms with Gasteiger partial charge in [-0.1, -0.05) is 18.2 Å². The van der Waals surface area contributed by atoms with E-state index in [0.717, 1.165) is 32.7 Å². The normalized spacial score (nSPS) is 20.2. The average Bonchev–Trinajstić information content (AvgIpc) is 2.89. The van der Waals surface area contributed by atoms with Gasteiger partial charge in [0.05, 0.1) is 12.6 Å². The summed E-state index contributed by atoms with van der Waals surface area (Å²) < 4.78 is 0. The Bertz CT molecular complexity index is 481. The molecule has 1 heterocycles. The fourth-order valence-corrected chi connectivity index (χ4v) is 3.19. The van der Waals surface area contributed by atoms with E-state index in [-0.39, 0.29) is 0 Å². The van der Waals surface area contributed by atoms with Crippen molar-refractivity contribution < 1.29 is 0 Å². The first-order valence-corrected chi connectivity index (χ1v) is 7.27. The molecule has 0 saturated carbocycles. The SMILES string of the molecule is N#CCN1CCN(Cc2ccc3c(c2)CCC3)CC1. The highest BCUT2D eigenvalue weighted by Gasteiger charge is 2.17. The van der Waals surface area contributed by atoms with Crippen LogP contribution in [0.5, 0.6) is 0 Å². The molecule has 3 heteroatoms. The van der Waals surface area contributed by atoms with Crippen molar-refractivity contribution in [3.05, 3.63) is 34.9 Å². The summed E-state index contributed by atoms with van der Waals surface area (Å²) in [5, 5.41) is 8.70. The van der Waals surface area contributed by atoms with Gasteiger partial charge < -0.3 is 0 Å². The zero-order chi connectivity index (χ0) is 13.1. The number of benzene rings is 1. The van der Waals surface area contributed by atoms with Crippen molar-refractivity contribution >= 4 is 0 Å². The zero-order valence-corrected chi connectivity index (χ0v) is 11.4. The lowest BCUT2D eigenvalue weighted by Crippen LogP contribution is -2.45. The van der Waals surface area contributed by atoms with E-state index in [4.69, 9.17) is 5.26 Å². The number of aryl methyl sites for hydroxylation is 2. The molecule has 0 aromatic heterocycles. The minimum absolute atomic E-state index is 0.576. The molecule has 0 bridgehead atoms. The number of hydrogen-bond acceptors (Lipinski definition) is 3. The highest BCUT2D eigenvalue weighted by molar-refractivity contribution is 5.35. The summed E-state index contributed by atoms with van der Waals surface area (Å²) in [6.45, 7) is 5.86. The van der Waals surface area contributed by atoms with Crippen LogP contribution < -0.4 is 0 Å². The minimum atomic E-state index is 0.576. The molecule has 1 aromatic carbocycles.